The van der Waals surface area contributed by atoms with Gasteiger partial charge in [0, 0.05) is 7.05 Å². The van der Waals surface area contributed by atoms with Crippen molar-refractivity contribution in [3.05, 3.63) is 59.2 Å². The number of nitrogens with zero attached hydrogens (tertiary/aromatic N) is 5. The van der Waals surface area contributed by atoms with Crippen LogP contribution in [-0.2, 0) is 13.6 Å². The lowest BCUT2D eigenvalue weighted by Crippen LogP contribution is -2.18. The monoisotopic (exact) mass is 340 g/mol. The normalized spacial score (nSPS) is 10.6. The number of aryl methyl sites for hydroxylation is 2. The standard InChI is InChI=1S/C16H16N6O3/c1-10-4-3-5-11(6-10)8-22-9-17-16(20-22)19-14(23)12-7-18-21(2)13(12)15(24)25/h3-7,9H,8H2,1-2H3,(H,24,25)(H,19,20,23). The van der Waals surface area contributed by atoms with E-state index in [1.807, 2.05) is 31.2 Å². The van der Waals surface area contributed by atoms with Gasteiger partial charge in [-0.1, -0.05) is 29.8 Å². The van der Waals surface area contributed by atoms with Gasteiger partial charge in [-0.25, -0.2) is 14.5 Å². The van der Waals surface area contributed by atoms with E-state index >= 15 is 0 Å². The van der Waals surface area contributed by atoms with Gasteiger partial charge in [0.2, 0.25) is 5.95 Å². The first kappa shape index (κ1) is 16.4. The minimum absolute atomic E-state index is 0.0509. The summed E-state index contributed by atoms with van der Waals surface area (Å²) in [5.41, 5.74) is 1.95. The summed E-state index contributed by atoms with van der Waals surface area (Å²) in [6, 6.07) is 7.97. The molecular formula is C16H16N6O3. The number of aromatic nitrogens is 5. The van der Waals surface area contributed by atoms with Crippen LogP contribution >= 0.6 is 0 Å². The summed E-state index contributed by atoms with van der Waals surface area (Å²) in [4.78, 5) is 27.5. The molecule has 0 atom stereocenters. The fraction of sp³-hybridized carbons (Fsp3) is 0.188. The van der Waals surface area contributed by atoms with Crippen LogP contribution in [0, 0.1) is 6.92 Å². The van der Waals surface area contributed by atoms with Gasteiger partial charge in [0.15, 0.2) is 5.69 Å². The molecule has 0 spiro atoms. The van der Waals surface area contributed by atoms with Crippen molar-refractivity contribution in [1.82, 2.24) is 24.5 Å². The maximum absolute atomic E-state index is 12.2. The number of amides is 1. The maximum atomic E-state index is 12.2. The van der Waals surface area contributed by atoms with E-state index in [4.69, 9.17) is 5.11 Å². The van der Waals surface area contributed by atoms with Gasteiger partial charge in [0.25, 0.3) is 5.91 Å². The molecule has 0 aliphatic carbocycles. The molecule has 3 aromatic rings. The average molecular weight is 340 g/mol. The largest absolute Gasteiger partial charge is 0.477 e. The zero-order valence-electron chi connectivity index (χ0n) is 13.7. The molecule has 1 aromatic carbocycles. The van der Waals surface area contributed by atoms with Crippen molar-refractivity contribution in [3.63, 3.8) is 0 Å². The molecule has 0 saturated carbocycles. The molecular weight excluding hydrogens is 324 g/mol. The van der Waals surface area contributed by atoms with E-state index in [1.165, 1.54) is 19.6 Å². The van der Waals surface area contributed by atoms with Gasteiger partial charge >= 0.3 is 5.97 Å². The molecule has 3 rings (SSSR count). The number of carboxylic acid groups (broad SMARTS) is 1. The van der Waals surface area contributed by atoms with E-state index in [0.29, 0.717) is 6.54 Å². The van der Waals surface area contributed by atoms with Crippen molar-refractivity contribution >= 4 is 17.8 Å². The lowest BCUT2D eigenvalue weighted by molar-refractivity contribution is 0.0680. The van der Waals surface area contributed by atoms with Crippen molar-refractivity contribution in [2.24, 2.45) is 7.05 Å². The molecule has 0 aliphatic rings. The lowest BCUT2D eigenvalue weighted by Gasteiger charge is -2.03. The second kappa shape index (κ2) is 6.56. The molecule has 128 valence electrons. The van der Waals surface area contributed by atoms with E-state index in [-0.39, 0.29) is 17.2 Å². The third-order valence-corrected chi connectivity index (χ3v) is 3.57. The smallest absolute Gasteiger partial charge is 0.354 e. The molecule has 0 unspecified atom stereocenters. The number of aromatic carboxylic acids is 1. The van der Waals surface area contributed by atoms with Crippen LogP contribution in [0.2, 0.25) is 0 Å². The first-order valence-corrected chi connectivity index (χ1v) is 7.45. The minimum atomic E-state index is -1.23. The van der Waals surface area contributed by atoms with Gasteiger partial charge in [-0.3, -0.25) is 14.8 Å². The quantitative estimate of drug-likeness (QED) is 0.724. The zero-order chi connectivity index (χ0) is 18.0. The SMILES string of the molecule is Cc1cccc(Cn2cnc(NC(=O)c3cnn(C)c3C(=O)O)n2)c1. The van der Waals surface area contributed by atoms with Crippen LogP contribution < -0.4 is 5.32 Å². The van der Waals surface area contributed by atoms with Gasteiger partial charge in [0.05, 0.1) is 18.3 Å². The lowest BCUT2D eigenvalue weighted by atomic mass is 10.1. The third-order valence-electron chi connectivity index (χ3n) is 3.57. The van der Waals surface area contributed by atoms with Crippen LogP contribution in [0.1, 0.15) is 32.0 Å². The first-order chi connectivity index (χ1) is 11.9. The van der Waals surface area contributed by atoms with Crippen molar-refractivity contribution in [2.45, 2.75) is 13.5 Å². The second-order valence-electron chi connectivity index (χ2n) is 5.54. The number of hydrogen-bond acceptors (Lipinski definition) is 5. The Balaban J connectivity index is 1.73. The molecule has 0 radical (unpaired) electrons. The topological polar surface area (TPSA) is 115 Å². The highest BCUT2D eigenvalue weighted by atomic mass is 16.4. The van der Waals surface area contributed by atoms with E-state index in [1.54, 1.807) is 4.68 Å². The highest BCUT2D eigenvalue weighted by Crippen LogP contribution is 2.11. The molecule has 0 bridgehead atoms. The molecule has 2 aromatic heterocycles. The van der Waals surface area contributed by atoms with E-state index in [0.717, 1.165) is 15.8 Å². The number of carbonyl (C=O) groups excluding carboxylic acids is 1. The summed E-state index contributed by atoms with van der Waals surface area (Å²) < 4.78 is 2.72. The van der Waals surface area contributed by atoms with Crippen LogP contribution in [-0.4, -0.2) is 41.5 Å². The van der Waals surface area contributed by atoms with Gasteiger partial charge in [-0.15, -0.1) is 5.10 Å². The van der Waals surface area contributed by atoms with Crippen molar-refractivity contribution in [1.29, 1.82) is 0 Å². The summed E-state index contributed by atoms with van der Waals surface area (Å²) in [7, 11) is 1.45. The maximum Gasteiger partial charge on any atom is 0.354 e. The van der Waals surface area contributed by atoms with Crippen LogP contribution in [0.25, 0.3) is 0 Å². The van der Waals surface area contributed by atoms with Crippen LogP contribution in [0.4, 0.5) is 5.95 Å². The number of carbonyl (C=O) groups is 2. The van der Waals surface area contributed by atoms with Crippen molar-refractivity contribution in [3.8, 4) is 0 Å². The number of rotatable bonds is 5. The highest BCUT2D eigenvalue weighted by Gasteiger charge is 2.22. The second-order valence-corrected chi connectivity index (χ2v) is 5.54. The Kier molecular flexibility index (Phi) is 4.29. The number of nitrogens with one attached hydrogen (secondary N) is 1. The number of anilines is 1. The Hall–Kier alpha value is -3.49. The molecule has 0 fully saturated rings. The van der Waals surface area contributed by atoms with Crippen LogP contribution in [0.3, 0.4) is 0 Å². The molecule has 2 N–H and O–H groups in total. The van der Waals surface area contributed by atoms with Crippen molar-refractivity contribution < 1.29 is 14.7 Å². The van der Waals surface area contributed by atoms with Crippen LogP contribution in [0.15, 0.2) is 36.8 Å². The van der Waals surface area contributed by atoms with E-state index < -0.39 is 11.9 Å². The highest BCUT2D eigenvalue weighted by molar-refractivity contribution is 6.09. The average Bonchev–Trinajstić information content (AvgIpc) is 3.13. The summed E-state index contributed by atoms with van der Waals surface area (Å²) in [5.74, 6) is -1.76. The van der Waals surface area contributed by atoms with E-state index in [2.05, 4.69) is 20.5 Å². The Morgan fingerprint density at radius 2 is 2.12 bits per heavy atom. The molecule has 0 aliphatic heterocycles. The molecule has 2 heterocycles. The summed E-state index contributed by atoms with van der Waals surface area (Å²) in [6.45, 7) is 2.52. The van der Waals surface area contributed by atoms with Crippen molar-refractivity contribution in [2.75, 3.05) is 5.32 Å². The Morgan fingerprint density at radius 3 is 2.84 bits per heavy atom. The molecule has 25 heavy (non-hydrogen) atoms. The van der Waals surface area contributed by atoms with Crippen LogP contribution in [0.5, 0.6) is 0 Å². The summed E-state index contributed by atoms with van der Waals surface area (Å²) in [5, 5.41) is 19.6. The Morgan fingerprint density at radius 1 is 1.32 bits per heavy atom. The summed E-state index contributed by atoms with van der Waals surface area (Å²) >= 11 is 0. The fourth-order valence-electron chi connectivity index (χ4n) is 2.45. The minimum Gasteiger partial charge on any atom is -0.477 e. The molecule has 0 saturated heterocycles. The molecule has 9 nitrogen and oxygen atoms in total. The number of carboxylic acids is 1. The number of benzene rings is 1. The van der Waals surface area contributed by atoms with Gasteiger partial charge in [0.1, 0.15) is 6.33 Å². The molecule has 9 heteroatoms. The fourth-order valence-corrected chi connectivity index (χ4v) is 2.45. The predicted molar refractivity (Wildman–Crippen MR) is 88.4 cm³/mol. The van der Waals surface area contributed by atoms with Gasteiger partial charge < -0.3 is 5.11 Å². The Bertz CT molecular complexity index is 943. The van der Waals surface area contributed by atoms with Gasteiger partial charge in [-0.05, 0) is 12.5 Å². The van der Waals surface area contributed by atoms with Gasteiger partial charge in [-0.2, -0.15) is 5.10 Å². The summed E-state index contributed by atoms with van der Waals surface area (Å²) in [6.07, 6.45) is 2.70. The zero-order valence-corrected chi connectivity index (χ0v) is 13.7. The molecule has 1 amide bonds. The first-order valence-electron chi connectivity index (χ1n) is 7.45. The predicted octanol–water partition coefficient (Wildman–Crippen LogP) is 1.32. The Labute approximate surface area is 142 Å². The third kappa shape index (κ3) is 3.55. The number of hydrogen-bond donors (Lipinski definition) is 2. The van der Waals surface area contributed by atoms with E-state index in [9.17, 15) is 9.59 Å².